The third-order valence-electron chi connectivity index (χ3n) is 3.90. The Morgan fingerprint density at radius 1 is 1.38 bits per heavy atom. The lowest BCUT2D eigenvalue weighted by atomic mass is 10.1. The Hall–Kier alpha value is -1.85. The number of hydrogen-bond acceptors (Lipinski definition) is 4. The van der Waals surface area contributed by atoms with Crippen molar-refractivity contribution < 1.29 is 9.84 Å². The zero-order chi connectivity index (χ0) is 14.5. The number of nitrogens with one attached hydrogen (secondary N) is 1. The number of hydrogen-bond donors (Lipinski definition) is 2. The predicted octanol–water partition coefficient (Wildman–Crippen LogP) is 1.77. The smallest absolute Gasteiger partial charge is 0.119 e. The van der Waals surface area contributed by atoms with Crippen molar-refractivity contribution in [2.45, 2.75) is 18.9 Å². The largest absolute Gasteiger partial charge is 0.491 e. The van der Waals surface area contributed by atoms with E-state index in [-0.39, 0.29) is 6.61 Å². The SMILES string of the molecule is OCCOc1cccc(CN2CCC(c3ccn[nH]3)C2)c1. The van der Waals surface area contributed by atoms with Gasteiger partial charge in [0.25, 0.3) is 0 Å². The molecule has 0 radical (unpaired) electrons. The molecule has 1 saturated heterocycles. The van der Waals surface area contributed by atoms with E-state index in [0.29, 0.717) is 12.5 Å². The van der Waals surface area contributed by atoms with E-state index in [4.69, 9.17) is 9.84 Å². The zero-order valence-electron chi connectivity index (χ0n) is 12.0. The van der Waals surface area contributed by atoms with Crippen molar-refractivity contribution in [3.05, 3.63) is 47.8 Å². The molecular weight excluding hydrogens is 266 g/mol. The number of H-pyrrole nitrogens is 1. The number of aromatic nitrogens is 2. The van der Waals surface area contributed by atoms with Crippen LogP contribution < -0.4 is 4.74 Å². The fourth-order valence-corrected chi connectivity index (χ4v) is 2.88. The summed E-state index contributed by atoms with van der Waals surface area (Å²) in [5, 5.41) is 15.9. The number of likely N-dealkylation sites (tertiary alicyclic amines) is 1. The van der Waals surface area contributed by atoms with Crippen molar-refractivity contribution in [2.75, 3.05) is 26.3 Å². The second-order valence-corrected chi connectivity index (χ2v) is 5.45. The fourth-order valence-electron chi connectivity index (χ4n) is 2.88. The van der Waals surface area contributed by atoms with Crippen molar-refractivity contribution in [1.82, 2.24) is 15.1 Å². The highest BCUT2D eigenvalue weighted by Gasteiger charge is 2.24. The maximum absolute atomic E-state index is 8.81. The fraction of sp³-hybridized carbons (Fsp3) is 0.438. The van der Waals surface area contributed by atoms with Crippen molar-refractivity contribution in [1.29, 1.82) is 0 Å². The molecule has 0 aliphatic carbocycles. The van der Waals surface area contributed by atoms with Crippen LogP contribution in [0.3, 0.4) is 0 Å². The molecule has 0 saturated carbocycles. The van der Waals surface area contributed by atoms with Gasteiger partial charge in [-0.3, -0.25) is 10.00 Å². The van der Waals surface area contributed by atoms with E-state index in [9.17, 15) is 0 Å². The summed E-state index contributed by atoms with van der Waals surface area (Å²) in [4.78, 5) is 2.46. The molecule has 5 heteroatoms. The van der Waals surface area contributed by atoms with Gasteiger partial charge < -0.3 is 9.84 Å². The van der Waals surface area contributed by atoms with Gasteiger partial charge in [0.2, 0.25) is 0 Å². The number of aromatic amines is 1. The monoisotopic (exact) mass is 287 g/mol. The molecule has 1 aliphatic rings. The first-order valence-electron chi connectivity index (χ1n) is 7.39. The van der Waals surface area contributed by atoms with Crippen molar-refractivity contribution >= 4 is 0 Å². The molecule has 1 aliphatic heterocycles. The Bertz CT molecular complexity index is 556. The van der Waals surface area contributed by atoms with Gasteiger partial charge in [0.15, 0.2) is 0 Å². The van der Waals surface area contributed by atoms with Gasteiger partial charge in [0, 0.05) is 30.9 Å². The van der Waals surface area contributed by atoms with E-state index < -0.39 is 0 Å². The summed E-state index contributed by atoms with van der Waals surface area (Å²) >= 11 is 0. The summed E-state index contributed by atoms with van der Waals surface area (Å²) < 4.78 is 5.46. The van der Waals surface area contributed by atoms with Gasteiger partial charge in [-0.1, -0.05) is 12.1 Å². The molecule has 112 valence electrons. The number of nitrogens with zero attached hydrogens (tertiary/aromatic N) is 2. The molecule has 1 fully saturated rings. The molecule has 1 unspecified atom stereocenters. The van der Waals surface area contributed by atoms with E-state index in [1.54, 1.807) is 0 Å². The predicted molar refractivity (Wildman–Crippen MR) is 80.2 cm³/mol. The average Bonchev–Trinajstić information content (AvgIpc) is 3.16. The molecule has 5 nitrogen and oxygen atoms in total. The zero-order valence-corrected chi connectivity index (χ0v) is 12.0. The normalized spacial score (nSPS) is 19.0. The van der Waals surface area contributed by atoms with Crippen LogP contribution in [0.1, 0.15) is 23.6 Å². The van der Waals surface area contributed by atoms with Crippen molar-refractivity contribution in [3.8, 4) is 5.75 Å². The Morgan fingerprint density at radius 3 is 3.14 bits per heavy atom. The van der Waals surface area contributed by atoms with E-state index in [1.807, 2.05) is 18.3 Å². The van der Waals surface area contributed by atoms with Crippen LogP contribution in [-0.2, 0) is 6.54 Å². The molecular formula is C16H21N3O2. The Labute approximate surface area is 124 Å². The number of aliphatic hydroxyl groups is 1. The van der Waals surface area contributed by atoms with Gasteiger partial charge in [-0.05, 0) is 36.7 Å². The highest BCUT2D eigenvalue weighted by molar-refractivity contribution is 5.28. The molecule has 21 heavy (non-hydrogen) atoms. The number of ether oxygens (including phenoxy) is 1. The minimum atomic E-state index is 0.0439. The average molecular weight is 287 g/mol. The lowest BCUT2D eigenvalue weighted by molar-refractivity contribution is 0.201. The molecule has 0 amide bonds. The summed E-state index contributed by atoms with van der Waals surface area (Å²) in [7, 11) is 0. The van der Waals surface area contributed by atoms with Crippen LogP contribution in [0.15, 0.2) is 36.5 Å². The quantitative estimate of drug-likeness (QED) is 0.850. The maximum atomic E-state index is 8.81. The molecule has 1 aromatic carbocycles. The van der Waals surface area contributed by atoms with E-state index in [2.05, 4.69) is 33.3 Å². The van der Waals surface area contributed by atoms with Crippen LogP contribution in [0.2, 0.25) is 0 Å². The van der Waals surface area contributed by atoms with Crippen molar-refractivity contribution in [2.24, 2.45) is 0 Å². The highest BCUT2D eigenvalue weighted by atomic mass is 16.5. The van der Waals surface area contributed by atoms with Gasteiger partial charge in [-0.25, -0.2) is 0 Å². The third kappa shape index (κ3) is 3.62. The number of aliphatic hydroxyl groups excluding tert-OH is 1. The van der Waals surface area contributed by atoms with Gasteiger partial charge in [-0.15, -0.1) is 0 Å². The number of benzene rings is 1. The van der Waals surface area contributed by atoms with Crippen LogP contribution in [0.4, 0.5) is 0 Å². The van der Waals surface area contributed by atoms with Gasteiger partial charge in [-0.2, -0.15) is 5.10 Å². The van der Waals surface area contributed by atoms with Crippen LogP contribution in [0.5, 0.6) is 5.75 Å². The molecule has 3 rings (SSSR count). The van der Waals surface area contributed by atoms with E-state index in [0.717, 1.165) is 25.4 Å². The number of rotatable bonds is 6. The molecule has 0 bridgehead atoms. The molecule has 1 aromatic heterocycles. The third-order valence-corrected chi connectivity index (χ3v) is 3.90. The molecule has 1 atom stereocenters. The summed E-state index contributed by atoms with van der Waals surface area (Å²) in [5.41, 5.74) is 2.48. The standard InChI is InChI=1S/C16H21N3O2/c20-8-9-21-15-3-1-2-13(10-15)11-19-7-5-14(12-19)16-4-6-17-18-16/h1-4,6,10,14,20H,5,7-9,11-12H2,(H,17,18). The Morgan fingerprint density at radius 2 is 2.33 bits per heavy atom. The Balaban J connectivity index is 1.57. The summed E-state index contributed by atoms with van der Waals surface area (Å²) in [5.74, 6) is 1.38. The minimum absolute atomic E-state index is 0.0439. The topological polar surface area (TPSA) is 61.4 Å². The van der Waals surface area contributed by atoms with Crippen LogP contribution >= 0.6 is 0 Å². The molecule has 2 aromatic rings. The first-order valence-corrected chi connectivity index (χ1v) is 7.39. The van der Waals surface area contributed by atoms with E-state index >= 15 is 0 Å². The first-order chi connectivity index (χ1) is 10.3. The summed E-state index contributed by atoms with van der Waals surface area (Å²) in [6, 6.07) is 10.2. The van der Waals surface area contributed by atoms with Gasteiger partial charge in [0.05, 0.1) is 6.61 Å². The lowest BCUT2D eigenvalue weighted by Crippen LogP contribution is -2.19. The van der Waals surface area contributed by atoms with Crippen LogP contribution in [-0.4, -0.2) is 46.5 Å². The second-order valence-electron chi connectivity index (χ2n) is 5.45. The minimum Gasteiger partial charge on any atom is -0.491 e. The van der Waals surface area contributed by atoms with Gasteiger partial charge >= 0.3 is 0 Å². The summed E-state index contributed by atoms with van der Waals surface area (Å²) in [6.07, 6.45) is 2.99. The van der Waals surface area contributed by atoms with Crippen LogP contribution in [0, 0.1) is 0 Å². The lowest BCUT2D eigenvalue weighted by Gasteiger charge is -2.16. The highest BCUT2D eigenvalue weighted by Crippen LogP contribution is 2.27. The second kappa shape index (κ2) is 6.74. The molecule has 2 N–H and O–H groups in total. The maximum Gasteiger partial charge on any atom is 0.119 e. The Kier molecular flexibility index (Phi) is 4.52. The summed E-state index contributed by atoms with van der Waals surface area (Å²) in [6.45, 7) is 3.48. The van der Waals surface area contributed by atoms with Crippen LogP contribution in [0.25, 0.3) is 0 Å². The van der Waals surface area contributed by atoms with Gasteiger partial charge in [0.1, 0.15) is 12.4 Å². The molecule has 0 spiro atoms. The van der Waals surface area contributed by atoms with Crippen molar-refractivity contribution in [3.63, 3.8) is 0 Å². The van der Waals surface area contributed by atoms with E-state index in [1.165, 1.54) is 17.7 Å². The first kappa shape index (κ1) is 14.1. The molecule has 2 heterocycles.